The van der Waals surface area contributed by atoms with Crippen molar-refractivity contribution in [2.75, 3.05) is 6.54 Å². The fourth-order valence-electron chi connectivity index (χ4n) is 2.25. The molecule has 1 aromatic rings. The standard InChI is InChI=1S/C20H35N/c1-18(2,3)17-11-9-16(10-12-17)13-14-20(7,8)15-21-19(4,5)6/h9-12,21H,13-15H2,1-8H3. The maximum atomic E-state index is 3.63. The molecule has 0 aliphatic carbocycles. The van der Waals surface area contributed by atoms with Crippen LogP contribution in [0.25, 0.3) is 0 Å². The molecule has 0 bridgehead atoms. The predicted octanol–water partition coefficient (Wildman–Crippen LogP) is 5.33. The summed E-state index contributed by atoms with van der Waals surface area (Å²) < 4.78 is 0. The van der Waals surface area contributed by atoms with E-state index in [0.717, 1.165) is 13.0 Å². The monoisotopic (exact) mass is 289 g/mol. The molecule has 0 fully saturated rings. The fraction of sp³-hybridized carbons (Fsp3) is 0.700. The molecule has 0 radical (unpaired) electrons. The van der Waals surface area contributed by atoms with Gasteiger partial charge in [0, 0.05) is 12.1 Å². The van der Waals surface area contributed by atoms with Crippen molar-refractivity contribution >= 4 is 0 Å². The summed E-state index contributed by atoms with van der Waals surface area (Å²) >= 11 is 0. The van der Waals surface area contributed by atoms with Gasteiger partial charge in [0.2, 0.25) is 0 Å². The lowest BCUT2D eigenvalue weighted by Gasteiger charge is -2.30. The summed E-state index contributed by atoms with van der Waals surface area (Å²) in [6.45, 7) is 19.3. The largest absolute Gasteiger partial charge is 0.312 e. The highest BCUT2D eigenvalue weighted by Gasteiger charge is 2.21. The van der Waals surface area contributed by atoms with Crippen LogP contribution in [-0.2, 0) is 11.8 Å². The predicted molar refractivity (Wildman–Crippen MR) is 95.0 cm³/mol. The zero-order valence-corrected chi connectivity index (χ0v) is 15.4. The first-order chi connectivity index (χ1) is 9.39. The molecule has 21 heavy (non-hydrogen) atoms. The van der Waals surface area contributed by atoms with Gasteiger partial charge in [0.1, 0.15) is 0 Å². The second-order valence-corrected chi connectivity index (χ2v) is 9.21. The van der Waals surface area contributed by atoms with Crippen molar-refractivity contribution in [2.24, 2.45) is 5.41 Å². The van der Waals surface area contributed by atoms with E-state index in [1.54, 1.807) is 0 Å². The van der Waals surface area contributed by atoms with Crippen molar-refractivity contribution < 1.29 is 0 Å². The smallest absolute Gasteiger partial charge is 0.00967 e. The lowest BCUT2D eigenvalue weighted by molar-refractivity contribution is 0.273. The number of hydrogen-bond donors (Lipinski definition) is 1. The van der Waals surface area contributed by atoms with Gasteiger partial charge < -0.3 is 5.32 Å². The van der Waals surface area contributed by atoms with E-state index < -0.39 is 0 Å². The maximum Gasteiger partial charge on any atom is 0.00967 e. The van der Waals surface area contributed by atoms with Gasteiger partial charge in [-0.15, -0.1) is 0 Å². The Morgan fingerprint density at radius 1 is 0.810 bits per heavy atom. The third-order valence-electron chi connectivity index (χ3n) is 4.01. The van der Waals surface area contributed by atoms with Crippen LogP contribution in [0.5, 0.6) is 0 Å². The number of benzene rings is 1. The van der Waals surface area contributed by atoms with Gasteiger partial charge in [0.05, 0.1) is 0 Å². The SMILES string of the molecule is CC(C)(CCc1ccc(C(C)(C)C)cc1)CNC(C)(C)C. The number of hydrogen-bond acceptors (Lipinski definition) is 1. The molecule has 0 aromatic heterocycles. The summed E-state index contributed by atoms with van der Waals surface area (Å²) in [7, 11) is 0. The van der Waals surface area contributed by atoms with Crippen LogP contribution in [0.4, 0.5) is 0 Å². The molecule has 1 N–H and O–H groups in total. The van der Waals surface area contributed by atoms with Gasteiger partial charge in [-0.1, -0.05) is 58.9 Å². The van der Waals surface area contributed by atoms with Crippen LogP contribution in [-0.4, -0.2) is 12.1 Å². The quantitative estimate of drug-likeness (QED) is 0.772. The molecular formula is C20H35N. The van der Waals surface area contributed by atoms with Crippen molar-refractivity contribution in [1.29, 1.82) is 0 Å². The van der Waals surface area contributed by atoms with E-state index in [1.807, 2.05) is 0 Å². The molecular weight excluding hydrogens is 254 g/mol. The Kier molecular flexibility index (Phi) is 5.66. The van der Waals surface area contributed by atoms with Crippen LogP contribution in [0, 0.1) is 5.41 Å². The third kappa shape index (κ3) is 7.13. The first-order valence-corrected chi connectivity index (χ1v) is 8.24. The van der Waals surface area contributed by atoms with Gasteiger partial charge in [-0.3, -0.25) is 0 Å². The van der Waals surface area contributed by atoms with Gasteiger partial charge in [-0.05, 0) is 55.6 Å². The van der Waals surface area contributed by atoms with Crippen molar-refractivity contribution in [2.45, 2.75) is 79.2 Å². The Labute approximate surface area is 132 Å². The van der Waals surface area contributed by atoms with E-state index in [0.29, 0.717) is 5.41 Å². The maximum absolute atomic E-state index is 3.63. The van der Waals surface area contributed by atoms with E-state index in [1.165, 1.54) is 17.5 Å². The second-order valence-electron chi connectivity index (χ2n) is 9.21. The first kappa shape index (κ1) is 18.2. The van der Waals surface area contributed by atoms with Gasteiger partial charge >= 0.3 is 0 Å². The molecule has 0 saturated carbocycles. The summed E-state index contributed by atoms with van der Waals surface area (Å²) in [6.07, 6.45) is 2.37. The third-order valence-corrected chi connectivity index (χ3v) is 4.01. The average molecular weight is 290 g/mol. The Balaban J connectivity index is 2.54. The molecule has 0 spiro atoms. The van der Waals surface area contributed by atoms with Crippen LogP contribution < -0.4 is 5.32 Å². The highest BCUT2D eigenvalue weighted by Crippen LogP contribution is 2.25. The van der Waals surface area contributed by atoms with Crippen molar-refractivity contribution in [1.82, 2.24) is 5.32 Å². The minimum Gasteiger partial charge on any atom is -0.312 e. The number of aryl methyl sites for hydroxylation is 1. The van der Waals surface area contributed by atoms with Gasteiger partial charge in [-0.25, -0.2) is 0 Å². The van der Waals surface area contributed by atoms with Crippen LogP contribution in [0.2, 0.25) is 0 Å². The zero-order chi connectivity index (χ0) is 16.3. The molecule has 0 aliphatic rings. The lowest BCUT2D eigenvalue weighted by atomic mass is 9.84. The molecule has 0 unspecified atom stereocenters. The summed E-state index contributed by atoms with van der Waals surface area (Å²) in [4.78, 5) is 0. The number of rotatable bonds is 5. The molecule has 120 valence electrons. The van der Waals surface area contributed by atoms with Crippen LogP contribution in [0.3, 0.4) is 0 Å². The van der Waals surface area contributed by atoms with Gasteiger partial charge in [0.15, 0.2) is 0 Å². The highest BCUT2D eigenvalue weighted by atomic mass is 14.9. The van der Waals surface area contributed by atoms with Gasteiger partial charge in [-0.2, -0.15) is 0 Å². The average Bonchev–Trinajstić information content (AvgIpc) is 2.33. The number of nitrogens with one attached hydrogen (secondary N) is 1. The van der Waals surface area contributed by atoms with Crippen molar-refractivity contribution in [3.63, 3.8) is 0 Å². The van der Waals surface area contributed by atoms with Gasteiger partial charge in [0.25, 0.3) is 0 Å². The fourth-order valence-corrected chi connectivity index (χ4v) is 2.25. The Bertz CT molecular complexity index is 426. The molecule has 1 nitrogen and oxygen atoms in total. The van der Waals surface area contributed by atoms with Crippen LogP contribution >= 0.6 is 0 Å². The molecule has 1 heteroatoms. The Morgan fingerprint density at radius 2 is 1.33 bits per heavy atom. The summed E-state index contributed by atoms with van der Waals surface area (Å²) in [5.74, 6) is 0. The summed E-state index contributed by atoms with van der Waals surface area (Å²) in [6, 6.07) is 9.17. The van der Waals surface area contributed by atoms with E-state index in [-0.39, 0.29) is 11.0 Å². The topological polar surface area (TPSA) is 12.0 Å². The zero-order valence-electron chi connectivity index (χ0n) is 15.4. The van der Waals surface area contributed by atoms with Crippen LogP contribution in [0.1, 0.15) is 72.9 Å². The molecule has 1 rings (SSSR count). The second kappa shape index (κ2) is 6.52. The van der Waals surface area contributed by atoms with E-state index in [9.17, 15) is 0 Å². The molecule has 0 saturated heterocycles. The highest BCUT2D eigenvalue weighted by molar-refractivity contribution is 5.27. The van der Waals surface area contributed by atoms with E-state index >= 15 is 0 Å². The normalized spacial score (nSPS) is 13.5. The minimum absolute atomic E-state index is 0.200. The summed E-state index contributed by atoms with van der Waals surface area (Å²) in [5, 5.41) is 3.63. The molecule has 0 heterocycles. The Morgan fingerprint density at radius 3 is 1.76 bits per heavy atom. The molecule has 0 aliphatic heterocycles. The van der Waals surface area contributed by atoms with E-state index in [4.69, 9.17) is 0 Å². The minimum atomic E-state index is 0.200. The first-order valence-electron chi connectivity index (χ1n) is 8.24. The Hall–Kier alpha value is -0.820. The van der Waals surface area contributed by atoms with Crippen molar-refractivity contribution in [3.05, 3.63) is 35.4 Å². The molecule has 0 atom stereocenters. The van der Waals surface area contributed by atoms with Crippen molar-refractivity contribution in [3.8, 4) is 0 Å². The lowest BCUT2D eigenvalue weighted by Crippen LogP contribution is -2.42. The molecule has 1 aromatic carbocycles. The summed E-state index contributed by atoms with van der Waals surface area (Å²) in [5.41, 5.74) is 3.64. The van der Waals surface area contributed by atoms with E-state index in [2.05, 4.69) is 85.0 Å². The van der Waals surface area contributed by atoms with Crippen LogP contribution in [0.15, 0.2) is 24.3 Å². The molecule has 0 amide bonds.